The third kappa shape index (κ3) is 1.76. The Balaban J connectivity index is 2.24. The lowest BCUT2D eigenvalue weighted by atomic mass is 10.4. The highest BCUT2D eigenvalue weighted by molar-refractivity contribution is 5.69. The van der Waals surface area contributed by atoms with Gasteiger partial charge in [0.15, 0.2) is 6.10 Å². The van der Waals surface area contributed by atoms with Gasteiger partial charge in [-0.2, -0.15) is 0 Å². The van der Waals surface area contributed by atoms with Crippen LogP contribution in [0.25, 0.3) is 0 Å². The second-order valence-corrected chi connectivity index (χ2v) is 2.04. The predicted molar refractivity (Wildman–Crippen MR) is 35.3 cm³/mol. The SMILES string of the molecule is CCC(=O)OC1C=COC1. The Morgan fingerprint density at radius 3 is 3.20 bits per heavy atom. The van der Waals surface area contributed by atoms with Crippen LogP contribution < -0.4 is 0 Å². The van der Waals surface area contributed by atoms with Crippen molar-refractivity contribution in [3.05, 3.63) is 12.3 Å². The van der Waals surface area contributed by atoms with Crippen molar-refractivity contribution in [2.24, 2.45) is 0 Å². The van der Waals surface area contributed by atoms with E-state index in [0.29, 0.717) is 13.0 Å². The van der Waals surface area contributed by atoms with Gasteiger partial charge in [-0.25, -0.2) is 0 Å². The fourth-order valence-electron chi connectivity index (χ4n) is 0.675. The Labute approximate surface area is 59.6 Å². The molecule has 1 atom stereocenters. The van der Waals surface area contributed by atoms with Crippen LogP contribution in [0.5, 0.6) is 0 Å². The lowest BCUT2D eigenvalue weighted by molar-refractivity contribution is -0.147. The van der Waals surface area contributed by atoms with Gasteiger partial charge in [0.05, 0.1) is 6.26 Å². The van der Waals surface area contributed by atoms with E-state index in [1.807, 2.05) is 0 Å². The minimum atomic E-state index is -0.180. The van der Waals surface area contributed by atoms with Crippen LogP contribution in [0.4, 0.5) is 0 Å². The van der Waals surface area contributed by atoms with E-state index in [0.717, 1.165) is 0 Å². The predicted octanol–water partition coefficient (Wildman–Crippen LogP) is 0.852. The topological polar surface area (TPSA) is 35.5 Å². The van der Waals surface area contributed by atoms with Gasteiger partial charge in [-0.05, 0) is 6.08 Å². The van der Waals surface area contributed by atoms with Gasteiger partial charge in [0.25, 0.3) is 0 Å². The first-order chi connectivity index (χ1) is 4.83. The Morgan fingerprint density at radius 1 is 1.90 bits per heavy atom. The molecular weight excluding hydrogens is 132 g/mol. The van der Waals surface area contributed by atoms with Gasteiger partial charge in [0.1, 0.15) is 6.61 Å². The van der Waals surface area contributed by atoms with Crippen molar-refractivity contribution in [2.75, 3.05) is 6.61 Å². The molecule has 1 rings (SSSR count). The number of rotatable bonds is 2. The number of carbonyl (C=O) groups is 1. The molecule has 3 nitrogen and oxygen atoms in total. The molecule has 0 bridgehead atoms. The molecule has 0 amide bonds. The monoisotopic (exact) mass is 142 g/mol. The molecule has 10 heavy (non-hydrogen) atoms. The Hall–Kier alpha value is -0.990. The van der Waals surface area contributed by atoms with E-state index < -0.39 is 0 Å². The molecule has 0 saturated carbocycles. The summed E-state index contributed by atoms with van der Waals surface area (Å²) in [6.07, 6.45) is 3.54. The molecule has 1 aliphatic heterocycles. The Bertz CT molecular complexity index is 151. The molecule has 1 unspecified atom stereocenters. The number of carbonyl (C=O) groups excluding carboxylic acids is 1. The molecule has 1 heterocycles. The van der Waals surface area contributed by atoms with Crippen LogP contribution in [0.3, 0.4) is 0 Å². The normalized spacial score (nSPS) is 22.3. The van der Waals surface area contributed by atoms with Crippen LogP contribution in [0.15, 0.2) is 12.3 Å². The van der Waals surface area contributed by atoms with Crippen LogP contribution in [0.2, 0.25) is 0 Å². The zero-order valence-electron chi connectivity index (χ0n) is 5.87. The first kappa shape index (κ1) is 7.12. The summed E-state index contributed by atoms with van der Waals surface area (Å²) in [7, 11) is 0. The fraction of sp³-hybridized carbons (Fsp3) is 0.571. The summed E-state index contributed by atoms with van der Waals surface area (Å²) >= 11 is 0. The molecule has 0 fully saturated rings. The molecule has 1 aliphatic rings. The third-order valence-corrected chi connectivity index (χ3v) is 1.22. The van der Waals surface area contributed by atoms with Crippen LogP contribution in [0.1, 0.15) is 13.3 Å². The maximum atomic E-state index is 10.7. The molecule has 0 aromatic carbocycles. The molecule has 0 saturated heterocycles. The maximum absolute atomic E-state index is 10.7. The highest BCUT2D eigenvalue weighted by Gasteiger charge is 2.13. The smallest absolute Gasteiger partial charge is 0.306 e. The van der Waals surface area contributed by atoms with Crippen molar-refractivity contribution in [2.45, 2.75) is 19.4 Å². The highest BCUT2D eigenvalue weighted by Crippen LogP contribution is 2.04. The van der Waals surface area contributed by atoms with Crippen LogP contribution >= 0.6 is 0 Å². The van der Waals surface area contributed by atoms with Crippen molar-refractivity contribution in [3.63, 3.8) is 0 Å². The minimum Gasteiger partial charge on any atom is -0.497 e. The Kier molecular flexibility index (Phi) is 2.31. The molecule has 3 heteroatoms. The van der Waals surface area contributed by atoms with Gasteiger partial charge >= 0.3 is 5.97 Å². The molecule has 0 aromatic rings. The quantitative estimate of drug-likeness (QED) is 0.536. The zero-order chi connectivity index (χ0) is 7.40. The molecular formula is C7H10O3. The van der Waals surface area contributed by atoms with Gasteiger partial charge in [0.2, 0.25) is 0 Å². The van der Waals surface area contributed by atoms with Gasteiger partial charge in [-0.1, -0.05) is 6.92 Å². The summed E-state index contributed by atoms with van der Waals surface area (Å²) in [6.45, 7) is 2.23. The lowest BCUT2D eigenvalue weighted by Crippen LogP contribution is -2.16. The average molecular weight is 142 g/mol. The van der Waals surface area contributed by atoms with E-state index >= 15 is 0 Å². The number of hydrogen-bond acceptors (Lipinski definition) is 3. The van der Waals surface area contributed by atoms with E-state index in [1.165, 1.54) is 0 Å². The third-order valence-electron chi connectivity index (χ3n) is 1.22. The summed E-state index contributed by atoms with van der Waals surface area (Å²) in [4.78, 5) is 10.7. The molecule has 56 valence electrons. The molecule has 0 N–H and O–H groups in total. The highest BCUT2D eigenvalue weighted by atomic mass is 16.6. The summed E-state index contributed by atoms with van der Waals surface area (Å²) in [5, 5.41) is 0. The van der Waals surface area contributed by atoms with E-state index in [-0.39, 0.29) is 12.1 Å². The molecule has 0 aromatic heterocycles. The van der Waals surface area contributed by atoms with Gasteiger partial charge in [0, 0.05) is 6.42 Å². The molecule has 0 aliphatic carbocycles. The van der Waals surface area contributed by atoms with Crippen molar-refractivity contribution in [1.82, 2.24) is 0 Å². The lowest BCUT2D eigenvalue weighted by Gasteiger charge is -2.06. The van der Waals surface area contributed by atoms with Crippen LogP contribution in [-0.2, 0) is 14.3 Å². The first-order valence-corrected chi connectivity index (χ1v) is 3.30. The first-order valence-electron chi connectivity index (χ1n) is 3.30. The van der Waals surface area contributed by atoms with E-state index in [1.54, 1.807) is 19.3 Å². The zero-order valence-corrected chi connectivity index (χ0v) is 5.87. The van der Waals surface area contributed by atoms with E-state index in [4.69, 9.17) is 9.47 Å². The number of ether oxygens (including phenoxy) is 2. The number of hydrogen-bond donors (Lipinski definition) is 0. The van der Waals surface area contributed by atoms with Crippen molar-refractivity contribution >= 4 is 5.97 Å². The van der Waals surface area contributed by atoms with E-state index in [2.05, 4.69) is 0 Å². The largest absolute Gasteiger partial charge is 0.497 e. The second kappa shape index (κ2) is 3.25. The maximum Gasteiger partial charge on any atom is 0.306 e. The average Bonchev–Trinajstić information content (AvgIpc) is 2.40. The van der Waals surface area contributed by atoms with Crippen molar-refractivity contribution in [1.29, 1.82) is 0 Å². The summed E-state index contributed by atoms with van der Waals surface area (Å²) in [5.74, 6) is -0.180. The summed E-state index contributed by atoms with van der Waals surface area (Å²) in [5.41, 5.74) is 0. The van der Waals surface area contributed by atoms with Crippen LogP contribution in [0, 0.1) is 0 Å². The minimum absolute atomic E-state index is 0.160. The van der Waals surface area contributed by atoms with E-state index in [9.17, 15) is 4.79 Å². The second-order valence-electron chi connectivity index (χ2n) is 2.04. The standard InChI is InChI=1S/C7H10O3/c1-2-7(8)10-6-3-4-9-5-6/h3-4,6H,2,5H2,1H3. The Morgan fingerprint density at radius 2 is 2.70 bits per heavy atom. The summed E-state index contributed by atoms with van der Waals surface area (Å²) < 4.78 is 9.75. The number of esters is 1. The van der Waals surface area contributed by atoms with Gasteiger partial charge in [-0.3, -0.25) is 4.79 Å². The van der Waals surface area contributed by atoms with Crippen molar-refractivity contribution in [3.8, 4) is 0 Å². The fourth-order valence-corrected chi connectivity index (χ4v) is 0.675. The summed E-state index contributed by atoms with van der Waals surface area (Å²) in [6, 6.07) is 0. The molecule has 0 spiro atoms. The van der Waals surface area contributed by atoms with Gasteiger partial charge < -0.3 is 9.47 Å². The van der Waals surface area contributed by atoms with Gasteiger partial charge in [-0.15, -0.1) is 0 Å². The van der Waals surface area contributed by atoms with Crippen LogP contribution in [-0.4, -0.2) is 18.7 Å². The van der Waals surface area contributed by atoms with Crippen molar-refractivity contribution < 1.29 is 14.3 Å². The molecule has 0 radical (unpaired) electrons.